The van der Waals surface area contributed by atoms with Crippen LogP contribution < -0.4 is 5.32 Å². The van der Waals surface area contributed by atoms with Gasteiger partial charge < -0.3 is 10.1 Å². The Hall–Kier alpha value is -1.81. The van der Waals surface area contributed by atoms with Gasteiger partial charge in [-0.1, -0.05) is 35.9 Å². The third kappa shape index (κ3) is 6.01. The Labute approximate surface area is 200 Å². The summed E-state index contributed by atoms with van der Waals surface area (Å²) in [4.78, 5) is 15.4. The Morgan fingerprint density at radius 2 is 1.73 bits per heavy atom. The van der Waals surface area contributed by atoms with E-state index < -0.39 is 10.0 Å². The second-order valence-electron chi connectivity index (χ2n) is 8.41. The maximum Gasteiger partial charge on any atom is 0.243 e. The van der Waals surface area contributed by atoms with Gasteiger partial charge in [0.25, 0.3) is 0 Å². The highest BCUT2D eigenvalue weighted by Crippen LogP contribution is 2.26. The van der Waals surface area contributed by atoms with Gasteiger partial charge in [0, 0.05) is 36.3 Å². The molecule has 9 heteroatoms. The molecule has 2 aromatic rings. The first-order chi connectivity index (χ1) is 15.9. The van der Waals surface area contributed by atoms with Gasteiger partial charge in [0.05, 0.1) is 24.7 Å². The number of benzene rings is 2. The summed E-state index contributed by atoms with van der Waals surface area (Å²) in [6.07, 6.45) is 2.35. The van der Waals surface area contributed by atoms with Crippen LogP contribution in [0.3, 0.4) is 0 Å². The highest BCUT2D eigenvalue weighted by Gasteiger charge is 2.27. The van der Waals surface area contributed by atoms with Crippen LogP contribution in [0, 0.1) is 0 Å². The van der Waals surface area contributed by atoms with Crippen LogP contribution in [0.1, 0.15) is 34.8 Å². The summed E-state index contributed by atoms with van der Waals surface area (Å²) in [5, 5.41) is 4.00. The van der Waals surface area contributed by atoms with E-state index in [1.54, 1.807) is 18.2 Å². The third-order valence-corrected chi connectivity index (χ3v) is 8.37. The molecule has 1 atom stereocenters. The van der Waals surface area contributed by atoms with E-state index in [0.717, 1.165) is 13.1 Å². The molecule has 2 aromatic carbocycles. The quantitative estimate of drug-likeness (QED) is 0.543. The van der Waals surface area contributed by atoms with Crippen molar-refractivity contribution in [2.24, 2.45) is 0 Å². The monoisotopic (exact) mass is 491 g/mol. The third-order valence-electron chi connectivity index (χ3n) is 6.22. The van der Waals surface area contributed by atoms with Gasteiger partial charge in [-0.15, -0.1) is 0 Å². The van der Waals surface area contributed by atoms with E-state index in [1.165, 1.54) is 28.8 Å². The Bertz CT molecular complexity index is 1050. The van der Waals surface area contributed by atoms with Gasteiger partial charge in [-0.05, 0) is 55.8 Å². The van der Waals surface area contributed by atoms with Crippen molar-refractivity contribution in [2.75, 3.05) is 52.5 Å². The number of ether oxygens (including phenoxy) is 1. The standard InChI is InChI=1S/C24H30ClN3O4S/c25-21-8-6-19(7-9-21)23(27-10-1-2-11-27)17-26-18-24(29)20-4-3-5-22(16-20)33(30,31)28-12-14-32-15-13-28/h3-9,16,23,26H,1-2,10-15,17-18H2. The minimum atomic E-state index is -3.64. The molecule has 2 heterocycles. The topological polar surface area (TPSA) is 79.0 Å². The van der Waals surface area contributed by atoms with Gasteiger partial charge in [-0.3, -0.25) is 9.69 Å². The number of nitrogens with one attached hydrogen (secondary N) is 1. The lowest BCUT2D eigenvalue weighted by Gasteiger charge is -2.28. The summed E-state index contributed by atoms with van der Waals surface area (Å²) >= 11 is 6.06. The lowest BCUT2D eigenvalue weighted by Crippen LogP contribution is -2.40. The molecule has 2 fully saturated rings. The van der Waals surface area contributed by atoms with Crippen LogP contribution in [-0.4, -0.2) is 75.9 Å². The summed E-state index contributed by atoms with van der Waals surface area (Å²) in [7, 11) is -3.64. The molecule has 1 N–H and O–H groups in total. The molecule has 4 rings (SSSR count). The second-order valence-corrected chi connectivity index (χ2v) is 10.8. The van der Waals surface area contributed by atoms with Gasteiger partial charge in [0.15, 0.2) is 5.78 Å². The molecule has 0 radical (unpaired) electrons. The fourth-order valence-corrected chi connectivity index (χ4v) is 5.97. The van der Waals surface area contributed by atoms with Crippen LogP contribution in [0.15, 0.2) is 53.4 Å². The summed E-state index contributed by atoms with van der Waals surface area (Å²) in [6.45, 7) is 4.24. The van der Waals surface area contributed by atoms with Crippen molar-refractivity contribution in [1.82, 2.24) is 14.5 Å². The number of hydrogen-bond acceptors (Lipinski definition) is 6. The van der Waals surface area contributed by atoms with Crippen LogP contribution in [0.5, 0.6) is 0 Å². The van der Waals surface area contributed by atoms with E-state index in [-0.39, 0.29) is 23.3 Å². The molecule has 0 amide bonds. The number of carbonyl (C=O) groups is 1. The Kier molecular flexibility index (Phi) is 8.16. The number of likely N-dealkylation sites (tertiary alicyclic amines) is 1. The molecular formula is C24H30ClN3O4S. The summed E-state index contributed by atoms with van der Waals surface area (Å²) in [5.41, 5.74) is 1.56. The van der Waals surface area contributed by atoms with Crippen LogP contribution in [0.25, 0.3) is 0 Å². The second kappa shape index (κ2) is 11.1. The lowest BCUT2D eigenvalue weighted by atomic mass is 10.1. The first-order valence-corrected chi connectivity index (χ1v) is 13.2. The highest BCUT2D eigenvalue weighted by molar-refractivity contribution is 7.89. The summed E-state index contributed by atoms with van der Waals surface area (Å²) in [5.74, 6) is -0.134. The Morgan fingerprint density at radius 3 is 2.42 bits per heavy atom. The molecule has 0 bridgehead atoms. The summed E-state index contributed by atoms with van der Waals surface area (Å²) < 4.78 is 32.5. The minimum Gasteiger partial charge on any atom is -0.379 e. The van der Waals surface area contributed by atoms with E-state index >= 15 is 0 Å². The molecule has 2 aliphatic heterocycles. The number of morpholine rings is 1. The Balaban J connectivity index is 1.40. The predicted octanol–water partition coefficient (Wildman–Crippen LogP) is 2.97. The molecular weight excluding hydrogens is 462 g/mol. The molecule has 33 heavy (non-hydrogen) atoms. The number of ketones is 1. The number of halogens is 1. The fraction of sp³-hybridized carbons (Fsp3) is 0.458. The van der Waals surface area contributed by atoms with Crippen molar-refractivity contribution < 1.29 is 17.9 Å². The van der Waals surface area contributed by atoms with Gasteiger partial charge in [0.1, 0.15) is 0 Å². The van der Waals surface area contributed by atoms with Crippen LogP contribution in [0.4, 0.5) is 0 Å². The summed E-state index contributed by atoms with van der Waals surface area (Å²) in [6, 6.07) is 14.3. The number of carbonyl (C=O) groups excluding carboxylic acids is 1. The average molecular weight is 492 g/mol. The smallest absolute Gasteiger partial charge is 0.243 e. The first kappa shape index (κ1) is 24.3. The normalized spacial score (nSPS) is 18.9. The number of Topliss-reactive ketones (excluding diaryl/α,β-unsaturated/α-hetero) is 1. The van der Waals surface area contributed by atoms with Gasteiger partial charge in [-0.25, -0.2) is 8.42 Å². The van der Waals surface area contributed by atoms with Gasteiger partial charge >= 0.3 is 0 Å². The van der Waals surface area contributed by atoms with Crippen molar-refractivity contribution in [3.05, 3.63) is 64.7 Å². The van der Waals surface area contributed by atoms with E-state index in [1.807, 2.05) is 24.3 Å². The molecule has 7 nitrogen and oxygen atoms in total. The maximum atomic E-state index is 12.9. The minimum absolute atomic E-state index is 0.134. The van der Waals surface area contributed by atoms with E-state index in [4.69, 9.17) is 16.3 Å². The van der Waals surface area contributed by atoms with Crippen LogP contribution in [0.2, 0.25) is 5.02 Å². The predicted molar refractivity (Wildman–Crippen MR) is 128 cm³/mol. The maximum absolute atomic E-state index is 12.9. The molecule has 1 unspecified atom stereocenters. The molecule has 0 spiro atoms. The van der Waals surface area contributed by atoms with Crippen LogP contribution in [-0.2, 0) is 14.8 Å². The molecule has 2 saturated heterocycles. The number of rotatable bonds is 9. The molecule has 178 valence electrons. The molecule has 0 aromatic heterocycles. The molecule has 2 aliphatic rings. The zero-order chi connectivity index (χ0) is 23.3. The van der Waals surface area contributed by atoms with Gasteiger partial charge in [0.2, 0.25) is 10.0 Å². The van der Waals surface area contributed by atoms with Crippen molar-refractivity contribution in [3.63, 3.8) is 0 Å². The zero-order valence-corrected chi connectivity index (χ0v) is 20.2. The average Bonchev–Trinajstić information content (AvgIpc) is 3.38. The molecule has 0 saturated carbocycles. The lowest BCUT2D eigenvalue weighted by molar-refractivity contribution is 0.0730. The van der Waals surface area contributed by atoms with Crippen molar-refractivity contribution >= 4 is 27.4 Å². The van der Waals surface area contributed by atoms with E-state index in [9.17, 15) is 13.2 Å². The first-order valence-electron chi connectivity index (χ1n) is 11.4. The van der Waals surface area contributed by atoms with E-state index in [0.29, 0.717) is 43.4 Å². The van der Waals surface area contributed by atoms with Crippen molar-refractivity contribution in [1.29, 1.82) is 0 Å². The van der Waals surface area contributed by atoms with Crippen molar-refractivity contribution in [3.8, 4) is 0 Å². The number of nitrogens with zero attached hydrogens (tertiary/aromatic N) is 2. The van der Waals surface area contributed by atoms with Gasteiger partial charge in [-0.2, -0.15) is 4.31 Å². The highest BCUT2D eigenvalue weighted by atomic mass is 35.5. The molecule has 0 aliphatic carbocycles. The largest absolute Gasteiger partial charge is 0.379 e. The SMILES string of the molecule is O=C(CNCC(c1ccc(Cl)cc1)N1CCCC1)c1cccc(S(=O)(=O)N2CCOCC2)c1. The Morgan fingerprint density at radius 1 is 1.03 bits per heavy atom. The number of sulfonamides is 1. The fourth-order valence-electron chi connectivity index (χ4n) is 4.39. The number of hydrogen-bond donors (Lipinski definition) is 1. The zero-order valence-electron chi connectivity index (χ0n) is 18.6. The van der Waals surface area contributed by atoms with E-state index in [2.05, 4.69) is 10.2 Å². The van der Waals surface area contributed by atoms with Crippen molar-refractivity contribution in [2.45, 2.75) is 23.8 Å². The van der Waals surface area contributed by atoms with Crippen LogP contribution >= 0.6 is 11.6 Å².